The van der Waals surface area contributed by atoms with Crippen molar-refractivity contribution in [3.05, 3.63) is 17.5 Å². The van der Waals surface area contributed by atoms with Crippen LogP contribution in [0.1, 0.15) is 38.6 Å². The van der Waals surface area contributed by atoms with Gasteiger partial charge in [-0.2, -0.15) is 5.10 Å². The van der Waals surface area contributed by atoms with Crippen LogP contribution >= 0.6 is 0 Å². The zero-order valence-corrected chi connectivity index (χ0v) is 11.4. The van der Waals surface area contributed by atoms with Crippen LogP contribution in [0.3, 0.4) is 0 Å². The Bertz CT molecular complexity index is 398. The molecule has 1 unspecified atom stereocenters. The summed E-state index contributed by atoms with van der Waals surface area (Å²) in [4.78, 5) is 12.3. The molecular formula is C13H22N2O2. The highest BCUT2D eigenvalue weighted by atomic mass is 16.5. The number of ketones is 1. The van der Waals surface area contributed by atoms with Gasteiger partial charge in [-0.05, 0) is 33.3 Å². The van der Waals surface area contributed by atoms with E-state index in [1.54, 1.807) is 4.68 Å². The van der Waals surface area contributed by atoms with Gasteiger partial charge in [0.25, 0.3) is 0 Å². The summed E-state index contributed by atoms with van der Waals surface area (Å²) in [6.07, 6.45) is 1.07. The van der Waals surface area contributed by atoms with E-state index in [2.05, 4.69) is 5.10 Å². The van der Waals surface area contributed by atoms with Crippen molar-refractivity contribution in [2.24, 2.45) is 7.05 Å². The summed E-state index contributed by atoms with van der Waals surface area (Å²) in [5.74, 6) is 0.116. The van der Waals surface area contributed by atoms with Crippen LogP contribution in [0, 0.1) is 6.92 Å². The van der Waals surface area contributed by atoms with E-state index in [1.807, 2.05) is 40.8 Å². The number of nitrogens with zero attached hydrogens (tertiary/aromatic N) is 2. The fourth-order valence-electron chi connectivity index (χ4n) is 1.88. The van der Waals surface area contributed by atoms with Crippen molar-refractivity contribution in [1.29, 1.82) is 0 Å². The molecule has 0 aliphatic heterocycles. The van der Waals surface area contributed by atoms with Gasteiger partial charge in [-0.15, -0.1) is 0 Å². The van der Waals surface area contributed by atoms with Gasteiger partial charge in [0.05, 0.1) is 12.1 Å². The molecule has 0 radical (unpaired) electrons. The topological polar surface area (TPSA) is 44.1 Å². The Kier molecular flexibility index (Phi) is 4.46. The molecule has 1 rings (SSSR count). The van der Waals surface area contributed by atoms with Gasteiger partial charge in [0.2, 0.25) is 0 Å². The number of rotatable bonds is 6. The third-order valence-electron chi connectivity index (χ3n) is 3.17. The first-order chi connectivity index (χ1) is 7.92. The first-order valence-electron chi connectivity index (χ1n) is 6.09. The van der Waals surface area contributed by atoms with Crippen LogP contribution in [0.4, 0.5) is 0 Å². The average Bonchev–Trinajstić information content (AvgIpc) is 2.57. The van der Waals surface area contributed by atoms with E-state index in [-0.39, 0.29) is 5.78 Å². The minimum atomic E-state index is -0.674. The van der Waals surface area contributed by atoms with Crippen molar-refractivity contribution in [3.63, 3.8) is 0 Å². The van der Waals surface area contributed by atoms with Crippen molar-refractivity contribution in [3.8, 4) is 0 Å². The van der Waals surface area contributed by atoms with Gasteiger partial charge in [0.15, 0.2) is 5.78 Å². The molecule has 96 valence electrons. The summed E-state index contributed by atoms with van der Waals surface area (Å²) < 4.78 is 7.34. The molecule has 17 heavy (non-hydrogen) atoms. The maximum atomic E-state index is 12.3. The van der Waals surface area contributed by atoms with Gasteiger partial charge in [-0.1, -0.05) is 6.92 Å². The second-order valence-corrected chi connectivity index (χ2v) is 4.52. The van der Waals surface area contributed by atoms with Crippen LogP contribution in [0.2, 0.25) is 0 Å². The van der Waals surface area contributed by atoms with Crippen molar-refractivity contribution in [2.75, 3.05) is 6.61 Å². The highest BCUT2D eigenvalue weighted by molar-refractivity contribution is 5.88. The molecule has 0 bridgehead atoms. The lowest BCUT2D eigenvalue weighted by molar-refractivity contribution is -0.141. The molecular weight excluding hydrogens is 216 g/mol. The number of carbonyl (C=O) groups is 1. The maximum Gasteiger partial charge on any atom is 0.170 e. The highest BCUT2D eigenvalue weighted by Crippen LogP contribution is 2.19. The molecule has 0 saturated heterocycles. The SMILES string of the molecule is CCOC(C)(CC)C(=O)Cc1cc(C)nn1C. The van der Waals surface area contributed by atoms with Gasteiger partial charge in [0, 0.05) is 19.3 Å². The number of aryl methyl sites for hydroxylation is 2. The number of ether oxygens (including phenoxy) is 1. The molecule has 0 spiro atoms. The second-order valence-electron chi connectivity index (χ2n) is 4.52. The van der Waals surface area contributed by atoms with Crippen molar-refractivity contribution in [2.45, 2.75) is 46.1 Å². The lowest BCUT2D eigenvalue weighted by Crippen LogP contribution is -2.39. The minimum absolute atomic E-state index is 0.116. The minimum Gasteiger partial charge on any atom is -0.368 e. The van der Waals surface area contributed by atoms with E-state index in [9.17, 15) is 4.79 Å². The Labute approximate surface area is 103 Å². The molecule has 1 atom stereocenters. The van der Waals surface area contributed by atoms with Crippen LogP contribution in [0.15, 0.2) is 6.07 Å². The third-order valence-corrected chi connectivity index (χ3v) is 3.17. The number of hydrogen-bond acceptors (Lipinski definition) is 3. The molecule has 0 fully saturated rings. The number of carbonyl (C=O) groups excluding carboxylic acids is 1. The van der Waals surface area contributed by atoms with Gasteiger partial charge in [-0.3, -0.25) is 9.48 Å². The third kappa shape index (κ3) is 3.16. The van der Waals surface area contributed by atoms with Gasteiger partial charge in [-0.25, -0.2) is 0 Å². The number of aromatic nitrogens is 2. The predicted octanol–water partition coefficient (Wildman–Crippen LogP) is 2.05. The Morgan fingerprint density at radius 1 is 1.53 bits per heavy atom. The van der Waals surface area contributed by atoms with Crippen LogP contribution in [0.5, 0.6) is 0 Å². The molecule has 4 nitrogen and oxygen atoms in total. The van der Waals surface area contributed by atoms with Crippen molar-refractivity contribution >= 4 is 5.78 Å². The molecule has 0 N–H and O–H groups in total. The zero-order valence-electron chi connectivity index (χ0n) is 11.4. The quantitative estimate of drug-likeness (QED) is 0.762. The van der Waals surface area contributed by atoms with E-state index >= 15 is 0 Å². The summed E-state index contributed by atoms with van der Waals surface area (Å²) in [6.45, 7) is 8.23. The summed E-state index contributed by atoms with van der Waals surface area (Å²) in [5.41, 5.74) is 1.20. The average molecular weight is 238 g/mol. The van der Waals surface area contributed by atoms with Crippen molar-refractivity contribution < 1.29 is 9.53 Å². The van der Waals surface area contributed by atoms with Gasteiger partial charge in [0.1, 0.15) is 5.60 Å². The Balaban J connectivity index is 2.80. The predicted molar refractivity (Wildman–Crippen MR) is 67.0 cm³/mol. The monoisotopic (exact) mass is 238 g/mol. The van der Waals surface area contributed by atoms with Crippen LogP contribution in [0.25, 0.3) is 0 Å². The molecule has 0 aliphatic carbocycles. The Morgan fingerprint density at radius 3 is 2.59 bits per heavy atom. The summed E-state index contributed by atoms with van der Waals surface area (Å²) in [5, 5.41) is 4.24. The lowest BCUT2D eigenvalue weighted by Gasteiger charge is -2.26. The zero-order chi connectivity index (χ0) is 13.1. The van der Waals surface area contributed by atoms with Crippen LogP contribution < -0.4 is 0 Å². The number of hydrogen-bond donors (Lipinski definition) is 0. The highest BCUT2D eigenvalue weighted by Gasteiger charge is 2.31. The Morgan fingerprint density at radius 2 is 2.18 bits per heavy atom. The van der Waals surface area contributed by atoms with Crippen molar-refractivity contribution in [1.82, 2.24) is 9.78 Å². The normalized spacial score (nSPS) is 14.6. The fourth-order valence-corrected chi connectivity index (χ4v) is 1.88. The second kappa shape index (κ2) is 5.45. The first kappa shape index (κ1) is 13.9. The molecule has 0 aromatic carbocycles. The van der Waals surface area contributed by atoms with Crippen LogP contribution in [-0.4, -0.2) is 27.8 Å². The number of Topliss-reactive ketones (excluding diaryl/α,β-unsaturated/α-hetero) is 1. The standard InChI is InChI=1S/C13H22N2O2/c1-6-13(4,17-7-2)12(16)9-11-8-10(3)14-15(11)5/h8H,6-7,9H2,1-5H3. The summed E-state index contributed by atoms with van der Waals surface area (Å²) >= 11 is 0. The Hall–Kier alpha value is -1.16. The smallest absolute Gasteiger partial charge is 0.170 e. The molecule has 4 heteroatoms. The van der Waals surface area contributed by atoms with E-state index in [0.29, 0.717) is 19.4 Å². The van der Waals surface area contributed by atoms with Crippen LogP contribution in [-0.2, 0) is 23.0 Å². The molecule has 0 saturated carbocycles. The largest absolute Gasteiger partial charge is 0.368 e. The maximum absolute atomic E-state index is 12.3. The molecule has 1 aromatic rings. The molecule has 0 amide bonds. The first-order valence-corrected chi connectivity index (χ1v) is 6.09. The van der Waals surface area contributed by atoms with E-state index < -0.39 is 5.60 Å². The molecule has 1 heterocycles. The van der Waals surface area contributed by atoms with Gasteiger partial charge < -0.3 is 4.74 Å². The summed E-state index contributed by atoms with van der Waals surface area (Å²) in [6, 6.07) is 1.94. The molecule has 0 aliphatic rings. The fraction of sp³-hybridized carbons (Fsp3) is 0.692. The summed E-state index contributed by atoms with van der Waals surface area (Å²) in [7, 11) is 1.86. The van der Waals surface area contributed by atoms with Gasteiger partial charge >= 0.3 is 0 Å². The van der Waals surface area contributed by atoms with E-state index in [1.165, 1.54) is 0 Å². The lowest BCUT2D eigenvalue weighted by atomic mass is 9.94. The van der Waals surface area contributed by atoms with E-state index in [4.69, 9.17) is 4.74 Å². The molecule has 1 aromatic heterocycles. The van der Waals surface area contributed by atoms with E-state index in [0.717, 1.165) is 11.4 Å².